The van der Waals surface area contributed by atoms with Crippen LogP contribution in [0.2, 0.25) is 0 Å². The van der Waals surface area contributed by atoms with E-state index in [2.05, 4.69) is 34.2 Å². The molecule has 1 aromatic carbocycles. The summed E-state index contributed by atoms with van der Waals surface area (Å²) in [6, 6.07) is 8.21. The number of hydrogen-bond donors (Lipinski definition) is 1. The highest BCUT2D eigenvalue weighted by atomic mass is 32.2. The van der Waals surface area contributed by atoms with Gasteiger partial charge in [-0.3, -0.25) is 9.89 Å². The second kappa shape index (κ2) is 10.9. The average Bonchev–Trinajstić information content (AvgIpc) is 3.15. The van der Waals surface area contributed by atoms with Crippen LogP contribution < -0.4 is 0 Å². The molecule has 0 aliphatic carbocycles. The molecule has 142 valence electrons. The largest absolute Gasteiger partial charge is 0.383 e. The Morgan fingerprint density at radius 1 is 1.15 bits per heavy atom. The number of nitrogens with one attached hydrogen (secondary N) is 1. The van der Waals surface area contributed by atoms with Crippen LogP contribution in [0.3, 0.4) is 0 Å². The van der Waals surface area contributed by atoms with E-state index >= 15 is 0 Å². The van der Waals surface area contributed by atoms with Crippen LogP contribution in [0, 0.1) is 0 Å². The summed E-state index contributed by atoms with van der Waals surface area (Å²) in [7, 11) is 3.24. The monoisotopic (exact) mass is 378 g/mol. The van der Waals surface area contributed by atoms with E-state index in [1.54, 1.807) is 19.1 Å². The molecule has 2 rings (SSSR count). The zero-order valence-electron chi connectivity index (χ0n) is 15.5. The van der Waals surface area contributed by atoms with Gasteiger partial charge in [-0.05, 0) is 12.0 Å². The highest BCUT2D eigenvalue weighted by Crippen LogP contribution is 2.20. The van der Waals surface area contributed by atoms with Gasteiger partial charge in [0, 0.05) is 32.9 Å². The van der Waals surface area contributed by atoms with E-state index in [0.717, 1.165) is 12.0 Å². The Bertz CT molecular complexity index is 667. The summed E-state index contributed by atoms with van der Waals surface area (Å²) < 4.78 is 10.1. The normalized spacial score (nSPS) is 10.9. The summed E-state index contributed by atoms with van der Waals surface area (Å²) in [5, 5.41) is 7.69. The molecule has 0 saturated carbocycles. The highest BCUT2D eigenvalue weighted by Gasteiger charge is 2.15. The quantitative estimate of drug-likeness (QED) is 0.604. The molecule has 1 N–H and O–H groups in total. The molecule has 0 radical (unpaired) electrons. The first-order valence-electron chi connectivity index (χ1n) is 8.58. The summed E-state index contributed by atoms with van der Waals surface area (Å²) in [4.78, 5) is 18.6. The topological polar surface area (TPSA) is 80.3 Å². The number of aromatic nitrogens is 3. The van der Waals surface area contributed by atoms with Gasteiger partial charge in [0.25, 0.3) is 0 Å². The Morgan fingerprint density at radius 2 is 1.81 bits per heavy atom. The van der Waals surface area contributed by atoms with Gasteiger partial charge in [-0.2, -0.15) is 0 Å². The van der Waals surface area contributed by atoms with E-state index in [-0.39, 0.29) is 11.7 Å². The summed E-state index contributed by atoms with van der Waals surface area (Å²) in [5.41, 5.74) is 2.26. The van der Waals surface area contributed by atoms with Crippen molar-refractivity contribution in [1.29, 1.82) is 0 Å². The van der Waals surface area contributed by atoms with Crippen molar-refractivity contribution in [1.82, 2.24) is 20.1 Å². The van der Waals surface area contributed by atoms with Crippen molar-refractivity contribution in [3.8, 4) is 11.4 Å². The SMILES string of the molecule is CCc1ccc(-c2nc(SCC(=O)N(CCOC)CCOC)n[nH]2)cc1. The third kappa shape index (κ3) is 6.12. The van der Waals surface area contributed by atoms with Crippen molar-refractivity contribution in [2.45, 2.75) is 18.5 Å². The fraction of sp³-hybridized carbons (Fsp3) is 0.500. The van der Waals surface area contributed by atoms with Crippen LogP contribution in [-0.4, -0.2) is 72.3 Å². The van der Waals surface area contributed by atoms with Crippen LogP contribution in [0.25, 0.3) is 11.4 Å². The number of methoxy groups -OCH3 is 2. The molecular formula is C18H26N4O3S. The van der Waals surface area contributed by atoms with Gasteiger partial charge in [-0.25, -0.2) is 4.98 Å². The van der Waals surface area contributed by atoms with E-state index in [9.17, 15) is 4.79 Å². The van der Waals surface area contributed by atoms with Crippen LogP contribution >= 0.6 is 11.8 Å². The van der Waals surface area contributed by atoms with Gasteiger partial charge in [0.15, 0.2) is 5.82 Å². The Kier molecular flexibility index (Phi) is 8.60. The Labute approximate surface area is 158 Å². The lowest BCUT2D eigenvalue weighted by Gasteiger charge is -2.21. The van der Waals surface area contributed by atoms with E-state index < -0.39 is 0 Å². The number of hydrogen-bond acceptors (Lipinski definition) is 6. The maximum atomic E-state index is 12.4. The number of aryl methyl sites for hydroxylation is 1. The molecule has 2 aromatic rings. The van der Waals surface area contributed by atoms with Gasteiger partial charge in [0.2, 0.25) is 11.1 Å². The summed E-state index contributed by atoms with van der Waals surface area (Å²) >= 11 is 1.32. The van der Waals surface area contributed by atoms with Gasteiger partial charge in [0.1, 0.15) is 0 Å². The zero-order chi connectivity index (χ0) is 18.8. The molecule has 0 atom stereocenters. The first-order valence-corrected chi connectivity index (χ1v) is 9.56. The van der Waals surface area contributed by atoms with Gasteiger partial charge >= 0.3 is 0 Å². The molecule has 26 heavy (non-hydrogen) atoms. The van der Waals surface area contributed by atoms with Crippen molar-refractivity contribution >= 4 is 17.7 Å². The van der Waals surface area contributed by atoms with Crippen molar-refractivity contribution in [2.75, 3.05) is 46.3 Å². The number of carbonyl (C=O) groups is 1. The molecule has 7 nitrogen and oxygen atoms in total. The molecule has 1 amide bonds. The van der Waals surface area contributed by atoms with Crippen molar-refractivity contribution in [3.05, 3.63) is 29.8 Å². The molecule has 0 saturated heterocycles. The van der Waals surface area contributed by atoms with Gasteiger partial charge in [0.05, 0.1) is 19.0 Å². The summed E-state index contributed by atoms with van der Waals surface area (Å²) in [6.45, 7) is 4.21. The van der Waals surface area contributed by atoms with E-state index in [0.29, 0.717) is 37.3 Å². The zero-order valence-corrected chi connectivity index (χ0v) is 16.3. The Morgan fingerprint density at radius 3 is 2.38 bits per heavy atom. The third-order valence-electron chi connectivity index (χ3n) is 3.91. The second-order valence-electron chi connectivity index (χ2n) is 5.67. The number of aromatic amines is 1. The molecule has 0 aliphatic rings. The van der Waals surface area contributed by atoms with Gasteiger partial charge in [-0.15, -0.1) is 5.10 Å². The number of rotatable bonds is 11. The fourth-order valence-corrected chi connectivity index (χ4v) is 3.02. The van der Waals surface area contributed by atoms with Gasteiger partial charge in [-0.1, -0.05) is 43.0 Å². The highest BCUT2D eigenvalue weighted by molar-refractivity contribution is 7.99. The predicted octanol–water partition coefficient (Wildman–Crippen LogP) is 2.25. The fourth-order valence-electron chi connectivity index (χ4n) is 2.32. The van der Waals surface area contributed by atoms with E-state index in [1.807, 2.05) is 12.1 Å². The maximum Gasteiger partial charge on any atom is 0.233 e. The minimum atomic E-state index is 0.0164. The Balaban J connectivity index is 1.91. The second-order valence-corrected chi connectivity index (χ2v) is 6.61. The van der Waals surface area contributed by atoms with Crippen LogP contribution in [0.1, 0.15) is 12.5 Å². The predicted molar refractivity (Wildman–Crippen MR) is 102 cm³/mol. The third-order valence-corrected chi connectivity index (χ3v) is 4.74. The van der Waals surface area contributed by atoms with Crippen molar-refractivity contribution in [3.63, 3.8) is 0 Å². The van der Waals surface area contributed by atoms with Gasteiger partial charge < -0.3 is 14.4 Å². The number of thioether (sulfide) groups is 1. The molecule has 1 heterocycles. The summed E-state index contributed by atoms with van der Waals surface area (Å²) in [5.74, 6) is 1.00. The van der Waals surface area contributed by atoms with Crippen molar-refractivity contribution < 1.29 is 14.3 Å². The summed E-state index contributed by atoms with van der Waals surface area (Å²) in [6.07, 6.45) is 1.00. The number of benzene rings is 1. The minimum absolute atomic E-state index is 0.0164. The average molecular weight is 378 g/mol. The number of H-pyrrole nitrogens is 1. The lowest BCUT2D eigenvalue weighted by molar-refractivity contribution is -0.129. The van der Waals surface area contributed by atoms with E-state index in [1.165, 1.54) is 17.3 Å². The molecule has 0 unspecified atom stereocenters. The molecule has 0 spiro atoms. The number of carbonyl (C=O) groups excluding carboxylic acids is 1. The molecule has 0 fully saturated rings. The molecule has 8 heteroatoms. The Hall–Kier alpha value is -1.90. The number of nitrogens with zero attached hydrogens (tertiary/aromatic N) is 3. The van der Waals surface area contributed by atoms with Crippen LogP contribution in [0.15, 0.2) is 29.4 Å². The van der Waals surface area contributed by atoms with Crippen LogP contribution in [-0.2, 0) is 20.7 Å². The first-order chi connectivity index (χ1) is 12.7. The first kappa shape index (κ1) is 20.4. The minimum Gasteiger partial charge on any atom is -0.383 e. The van der Waals surface area contributed by atoms with Crippen LogP contribution in [0.5, 0.6) is 0 Å². The molecule has 0 bridgehead atoms. The van der Waals surface area contributed by atoms with Crippen molar-refractivity contribution in [2.24, 2.45) is 0 Å². The number of ether oxygens (including phenoxy) is 2. The molecule has 1 aromatic heterocycles. The standard InChI is InChI=1S/C18H26N4O3S/c1-4-14-5-7-15(8-6-14)17-19-18(21-20-17)26-13-16(23)22(9-11-24-2)10-12-25-3/h5-8H,4,9-13H2,1-3H3,(H,19,20,21). The lowest BCUT2D eigenvalue weighted by Crippen LogP contribution is -2.37. The molecular weight excluding hydrogens is 352 g/mol. The molecule has 0 aliphatic heterocycles. The smallest absolute Gasteiger partial charge is 0.233 e. The van der Waals surface area contributed by atoms with Crippen LogP contribution in [0.4, 0.5) is 0 Å². The lowest BCUT2D eigenvalue weighted by atomic mass is 10.1. The van der Waals surface area contributed by atoms with E-state index in [4.69, 9.17) is 9.47 Å². The number of amides is 1. The maximum absolute atomic E-state index is 12.4.